The summed E-state index contributed by atoms with van der Waals surface area (Å²) in [7, 11) is 0. The van der Waals surface area contributed by atoms with Gasteiger partial charge in [0.25, 0.3) is 0 Å². The highest BCUT2D eigenvalue weighted by Crippen LogP contribution is 2.42. The average Bonchev–Trinajstić information content (AvgIpc) is 2.25. The van der Waals surface area contributed by atoms with Crippen molar-refractivity contribution in [3.8, 4) is 0 Å². The fourth-order valence-corrected chi connectivity index (χ4v) is 2.64. The predicted octanol–water partition coefficient (Wildman–Crippen LogP) is 3.13. The van der Waals surface area contributed by atoms with E-state index in [2.05, 4.69) is 43.3 Å². The molecule has 1 aromatic heterocycles. The Balaban J connectivity index is 1.88. The van der Waals surface area contributed by atoms with Crippen LogP contribution < -0.4 is 5.32 Å². The van der Waals surface area contributed by atoms with Crippen LogP contribution in [0.4, 0.5) is 0 Å². The fourth-order valence-electron chi connectivity index (χ4n) is 2.64. The van der Waals surface area contributed by atoms with Crippen LogP contribution in [0.25, 0.3) is 0 Å². The largest absolute Gasteiger partial charge is 0.316 e. The van der Waals surface area contributed by atoms with E-state index in [0.29, 0.717) is 0 Å². The van der Waals surface area contributed by atoms with Crippen LogP contribution in [0.5, 0.6) is 0 Å². The van der Waals surface area contributed by atoms with Crippen molar-refractivity contribution in [2.24, 2.45) is 11.8 Å². The van der Waals surface area contributed by atoms with Gasteiger partial charge in [-0.05, 0) is 67.8 Å². The van der Waals surface area contributed by atoms with Crippen molar-refractivity contribution in [2.75, 3.05) is 13.1 Å². The molecule has 2 rings (SSSR count). The van der Waals surface area contributed by atoms with Gasteiger partial charge in [-0.15, -0.1) is 0 Å². The number of hydrogen-bond donors (Lipinski definition) is 1. The second-order valence-electron chi connectivity index (χ2n) is 5.73. The van der Waals surface area contributed by atoms with Gasteiger partial charge in [-0.2, -0.15) is 0 Å². The minimum absolute atomic E-state index is 0.739. The van der Waals surface area contributed by atoms with Gasteiger partial charge in [-0.1, -0.05) is 13.8 Å². The molecule has 1 heterocycles. The van der Waals surface area contributed by atoms with E-state index in [9.17, 15) is 0 Å². The Labute approximate surface area is 105 Å². The van der Waals surface area contributed by atoms with Gasteiger partial charge in [0.15, 0.2) is 0 Å². The van der Waals surface area contributed by atoms with Crippen molar-refractivity contribution < 1.29 is 0 Å². The summed E-state index contributed by atoms with van der Waals surface area (Å²) in [4.78, 5) is 4.27. The van der Waals surface area contributed by atoms with Crippen molar-refractivity contribution >= 4 is 0 Å². The van der Waals surface area contributed by atoms with Crippen molar-refractivity contribution in [1.82, 2.24) is 10.3 Å². The first-order chi connectivity index (χ1) is 8.18. The molecule has 2 nitrogen and oxygen atoms in total. The monoisotopic (exact) mass is 232 g/mol. The zero-order valence-electron chi connectivity index (χ0n) is 11.2. The summed E-state index contributed by atoms with van der Waals surface area (Å²) in [5, 5.41) is 3.59. The SMILES string of the molecule is Cc1ccncc1C1CCC1CNCC(C)C. The van der Waals surface area contributed by atoms with E-state index in [4.69, 9.17) is 0 Å². The molecule has 1 aliphatic carbocycles. The van der Waals surface area contributed by atoms with E-state index in [-0.39, 0.29) is 0 Å². The third kappa shape index (κ3) is 3.06. The Kier molecular flexibility index (Phi) is 4.16. The molecule has 94 valence electrons. The number of aryl methyl sites for hydroxylation is 1. The predicted molar refractivity (Wildman–Crippen MR) is 72.1 cm³/mol. The van der Waals surface area contributed by atoms with Crippen LogP contribution in [-0.2, 0) is 0 Å². The van der Waals surface area contributed by atoms with Crippen LogP contribution in [0.15, 0.2) is 18.5 Å². The number of rotatable bonds is 5. The Morgan fingerprint density at radius 2 is 2.24 bits per heavy atom. The summed E-state index contributed by atoms with van der Waals surface area (Å²) in [5.41, 5.74) is 2.87. The molecule has 0 amide bonds. The third-order valence-electron chi connectivity index (χ3n) is 3.86. The second-order valence-corrected chi connectivity index (χ2v) is 5.73. The summed E-state index contributed by atoms with van der Waals surface area (Å²) < 4.78 is 0. The molecular formula is C15H24N2. The van der Waals surface area contributed by atoms with E-state index in [0.717, 1.165) is 30.8 Å². The first-order valence-electron chi connectivity index (χ1n) is 6.79. The lowest BCUT2D eigenvalue weighted by molar-refractivity contribution is 0.242. The van der Waals surface area contributed by atoms with E-state index in [1.165, 1.54) is 24.0 Å². The highest BCUT2D eigenvalue weighted by atomic mass is 14.9. The molecule has 0 aliphatic heterocycles. The zero-order chi connectivity index (χ0) is 12.3. The molecule has 0 spiro atoms. The molecule has 0 aromatic carbocycles. The summed E-state index contributed by atoms with van der Waals surface area (Å²) in [6.45, 7) is 9.02. The Hall–Kier alpha value is -0.890. The van der Waals surface area contributed by atoms with E-state index >= 15 is 0 Å². The lowest BCUT2D eigenvalue weighted by Gasteiger charge is -2.38. The van der Waals surface area contributed by atoms with Crippen LogP contribution in [0, 0.1) is 18.8 Å². The van der Waals surface area contributed by atoms with Crippen molar-refractivity contribution in [2.45, 2.75) is 39.5 Å². The highest BCUT2D eigenvalue weighted by Gasteiger charge is 2.32. The third-order valence-corrected chi connectivity index (χ3v) is 3.86. The molecule has 1 N–H and O–H groups in total. The number of nitrogens with one attached hydrogen (secondary N) is 1. The van der Waals surface area contributed by atoms with Gasteiger partial charge in [0.05, 0.1) is 0 Å². The van der Waals surface area contributed by atoms with Crippen molar-refractivity contribution in [3.05, 3.63) is 29.6 Å². The van der Waals surface area contributed by atoms with E-state index in [1.54, 1.807) is 0 Å². The summed E-state index contributed by atoms with van der Waals surface area (Å²) in [5.74, 6) is 2.30. The first kappa shape index (κ1) is 12.6. The lowest BCUT2D eigenvalue weighted by atomic mass is 9.69. The normalized spacial score (nSPS) is 23.8. The molecule has 2 atom stereocenters. The highest BCUT2D eigenvalue weighted by molar-refractivity contribution is 5.28. The molecule has 17 heavy (non-hydrogen) atoms. The van der Waals surface area contributed by atoms with Gasteiger partial charge in [0.1, 0.15) is 0 Å². The van der Waals surface area contributed by atoms with Crippen LogP contribution >= 0.6 is 0 Å². The number of aromatic nitrogens is 1. The maximum atomic E-state index is 4.27. The first-order valence-corrected chi connectivity index (χ1v) is 6.79. The topological polar surface area (TPSA) is 24.9 Å². The van der Waals surface area contributed by atoms with Crippen molar-refractivity contribution in [1.29, 1.82) is 0 Å². The second kappa shape index (κ2) is 5.63. The smallest absolute Gasteiger partial charge is 0.0305 e. The molecule has 1 saturated carbocycles. The van der Waals surface area contributed by atoms with Crippen LogP contribution in [0.2, 0.25) is 0 Å². The Bertz CT molecular complexity index is 360. The van der Waals surface area contributed by atoms with Gasteiger partial charge in [-0.3, -0.25) is 4.98 Å². The molecule has 1 fully saturated rings. The van der Waals surface area contributed by atoms with Gasteiger partial charge < -0.3 is 5.32 Å². The Morgan fingerprint density at radius 3 is 2.82 bits per heavy atom. The van der Waals surface area contributed by atoms with Crippen molar-refractivity contribution in [3.63, 3.8) is 0 Å². The summed E-state index contributed by atoms with van der Waals surface area (Å²) in [6.07, 6.45) is 6.66. The van der Waals surface area contributed by atoms with Crippen LogP contribution in [0.1, 0.15) is 43.7 Å². The van der Waals surface area contributed by atoms with Crippen LogP contribution in [-0.4, -0.2) is 18.1 Å². The minimum atomic E-state index is 0.739. The molecule has 1 aliphatic rings. The molecule has 0 saturated heterocycles. The minimum Gasteiger partial charge on any atom is -0.316 e. The average molecular weight is 232 g/mol. The lowest BCUT2D eigenvalue weighted by Crippen LogP contribution is -2.35. The van der Waals surface area contributed by atoms with Gasteiger partial charge in [0, 0.05) is 12.4 Å². The fraction of sp³-hybridized carbons (Fsp3) is 0.667. The number of hydrogen-bond acceptors (Lipinski definition) is 2. The van der Waals surface area contributed by atoms with Gasteiger partial charge in [0.2, 0.25) is 0 Å². The maximum absolute atomic E-state index is 4.27. The molecule has 2 unspecified atom stereocenters. The standard InChI is InChI=1S/C15H24N2/c1-11(2)8-17-9-13-4-5-14(13)15-10-16-7-6-12(15)3/h6-7,10-11,13-14,17H,4-5,8-9H2,1-3H3. The maximum Gasteiger partial charge on any atom is 0.0305 e. The number of nitrogens with zero attached hydrogens (tertiary/aromatic N) is 1. The van der Waals surface area contributed by atoms with E-state index in [1.807, 2.05) is 6.20 Å². The van der Waals surface area contributed by atoms with Crippen LogP contribution in [0.3, 0.4) is 0 Å². The summed E-state index contributed by atoms with van der Waals surface area (Å²) >= 11 is 0. The molecule has 0 radical (unpaired) electrons. The quantitative estimate of drug-likeness (QED) is 0.843. The number of pyridine rings is 1. The summed E-state index contributed by atoms with van der Waals surface area (Å²) in [6, 6.07) is 2.13. The van der Waals surface area contributed by atoms with Gasteiger partial charge in [-0.25, -0.2) is 0 Å². The molecule has 2 heteroatoms. The van der Waals surface area contributed by atoms with Gasteiger partial charge >= 0.3 is 0 Å². The Morgan fingerprint density at radius 1 is 1.41 bits per heavy atom. The molecule has 1 aromatic rings. The zero-order valence-corrected chi connectivity index (χ0v) is 11.2. The molecule has 0 bridgehead atoms. The van der Waals surface area contributed by atoms with E-state index < -0.39 is 0 Å². The molecular weight excluding hydrogens is 208 g/mol.